The molecule has 80 valence electrons. The Labute approximate surface area is 99.0 Å². The van der Waals surface area contributed by atoms with Crippen molar-refractivity contribution in [3.05, 3.63) is 32.8 Å². The highest BCUT2D eigenvalue weighted by atomic mass is 79.9. The first-order valence-electron chi connectivity index (χ1n) is 5.43. The summed E-state index contributed by atoms with van der Waals surface area (Å²) in [5.74, 6) is 0.324. The van der Waals surface area contributed by atoms with Gasteiger partial charge in [0.15, 0.2) is 5.78 Å². The van der Waals surface area contributed by atoms with Gasteiger partial charge in [-0.25, -0.2) is 0 Å². The van der Waals surface area contributed by atoms with Gasteiger partial charge in [-0.1, -0.05) is 15.9 Å². The number of hydrogen-bond acceptors (Lipinski definition) is 1. The van der Waals surface area contributed by atoms with Crippen LogP contribution in [-0.2, 0) is 6.42 Å². The van der Waals surface area contributed by atoms with Crippen LogP contribution in [0.15, 0.2) is 10.5 Å². The second-order valence-electron chi connectivity index (χ2n) is 4.28. The number of carbonyl (C=O) groups is 1. The number of Topliss-reactive ketones (excluding diaryl/α,β-unsaturated/α-hetero) is 1. The highest BCUT2D eigenvalue weighted by molar-refractivity contribution is 9.10. The summed E-state index contributed by atoms with van der Waals surface area (Å²) >= 11 is 3.53. The summed E-state index contributed by atoms with van der Waals surface area (Å²) in [6.45, 7) is 4.13. The number of aryl methyl sites for hydroxylation is 1. The molecule has 2 heteroatoms. The maximum atomic E-state index is 12.0. The molecule has 0 aliphatic heterocycles. The second-order valence-corrected chi connectivity index (χ2v) is 5.14. The van der Waals surface area contributed by atoms with E-state index < -0.39 is 0 Å². The van der Waals surface area contributed by atoms with Crippen LogP contribution in [0.1, 0.15) is 46.3 Å². The minimum atomic E-state index is 0.324. The first-order chi connectivity index (χ1) is 7.11. The standard InChI is InChI=1S/C13H15BrO/c1-8-7-11(14)9(2)13-10(8)5-3-4-6-12(13)15/h7H,3-6H2,1-2H3. The van der Waals surface area contributed by atoms with E-state index in [1.165, 1.54) is 11.1 Å². The lowest BCUT2D eigenvalue weighted by Gasteiger charge is -2.13. The number of ketones is 1. The van der Waals surface area contributed by atoms with Gasteiger partial charge in [0.1, 0.15) is 0 Å². The largest absolute Gasteiger partial charge is 0.294 e. The monoisotopic (exact) mass is 266 g/mol. The molecule has 15 heavy (non-hydrogen) atoms. The highest BCUT2D eigenvalue weighted by Gasteiger charge is 2.20. The zero-order chi connectivity index (χ0) is 11.0. The van der Waals surface area contributed by atoms with Crippen LogP contribution in [0.5, 0.6) is 0 Å². The Hall–Kier alpha value is -0.630. The van der Waals surface area contributed by atoms with E-state index in [2.05, 4.69) is 28.9 Å². The Bertz CT molecular complexity index is 421. The topological polar surface area (TPSA) is 17.1 Å². The van der Waals surface area contributed by atoms with Crippen LogP contribution in [0.3, 0.4) is 0 Å². The van der Waals surface area contributed by atoms with Gasteiger partial charge in [-0.2, -0.15) is 0 Å². The molecule has 1 nitrogen and oxygen atoms in total. The van der Waals surface area contributed by atoms with E-state index in [0.29, 0.717) is 12.2 Å². The van der Waals surface area contributed by atoms with E-state index in [1.807, 2.05) is 6.92 Å². The predicted molar refractivity (Wildman–Crippen MR) is 65.5 cm³/mol. The van der Waals surface area contributed by atoms with Gasteiger partial charge in [-0.3, -0.25) is 4.79 Å². The van der Waals surface area contributed by atoms with Gasteiger partial charge in [0.05, 0.1) is 0 Å². The quantitative estimate of drug-likeness (QED) is 0.650. The molecule has 0 saturated carbocycles. The van der Waals surface area contributed by atoms with Crippen molar-refractivity contribution < 1.29 is 4.79 Å². The number of benzene rings is 1. The van der Waals surface area contributed by atoms with Crippen molar-refractivity contribution >= 4 is 21.7 Å². The summed E-state index contributed by atoms with van der Waals surface area (Å²) in [5, 5.41) is 0. The van der Waals surface area contributed by atoms with Crippen molar-refractivity contribution in [3.63, 3.8) is 0 Å². The second kappa shape index (κ2) is 4.09. The number of hydrogen-bond donors (Lipinski definition) is 0. The molecule has 0 heterocycles. The van der Waals surface area contributed by atoms with Gasteiger partial charge in [0.25, 0.3) is 0 Å². The normalized spacial score (nSPS) is 16.1. The number of carbonyl (C=O) groups excluding carboxylic acids is 1. The molecule has 0 radical (unpaired) electrons. The molecule has 0 atom stereocenters. The lowest BCUT2D eigenvalue weighted by atomic mass is 9.93. The zero-order valence-corrected chi connectivity index (χ0v) is 10.8. The molecule has 1 aliphatic carbocycles. The maximum absolute atomic E-state index is 12.0. The van der Waals surface area contributed by atoms with Crippen molar-refractivity contribution in [2.75, 3.05) is 0 Å². The Morgan fingerprint density at radius 2 is 1.87 bits per heavy atom. The van der Waals surface area contributed by atoms with Crippen molar-refractivity contribution in [2.45, 2.75) is 39.5 Å². The third-order valence-electron chi connectivity index (χ3n) is 3.21. The Balaban J connectivity index is 2.69. The van der Waals surface area contributed by atoms with E-state index in [1.54, 1.807) is 0 Å². The summed E-state index contributed by atoms with van der Waals surface area (Å²) in [6, 6.07) is 2.13. The van der Waals surface area contributed by atoms with Crippen molar-refractivity contribution in [1.29, 1.82) is 0 Å². The van der Waals surface area contributed by atoms with Crippen LogP contribution in [0.4, 0.5) is 0 Å². The fourth-order valence-corrected chi connectivity index (χ4v) is 2.88. The minimum absolute atomic E-state index is 0.324. The number of fused-ring (bicyclic) bond motifs is 1. The maximum Gasteiger partial charge on any atom is 0.163 e. The molecular formula is C13H15BrO. The van der Waals surface area contributed by atoms with Gasteiger partial charge < -0.3 is 0 Å². The van der Waals surface area contributed by atoms with Crippen LogP contribution in [0.25, 0.3) is 0 Å². The van der Waals surface area contributed by atoms with Gasteiger partial charge in [0.2, 0.25) is 0 Å². The van der Waals surface area contributed by atoms with Crippen LogP contribution in [-0.4, -0.2) is 5.78 Å². The summed E-state index contributed by atoms with van der Waals surface area (Å²) < 4.78 is 1.06. The van der Waals surface area contributed by atoms with Crippen LogP contribution in [0.2, 0.25) is 0 Å². The smallest absolute Gasteiger partial charge is 0.163 e. The minimum Gasteiger partial charge on any atom is -0.294 e. The molecule has 0 amide bonds. The average molecular weight is 267 g/mol. The third-order valence-corrected chi connectivity index (χ3v) is 4.04. The van der Waals surface area contributed by atoms with Gasteiger partial charge in [0, 0.05) is 16.5 Å². The third kappa shape index (κ3) is 1.87. The van der Waals surface area contributed by atoms with Gasteiger partial charge >= 0.3 is 0 Å². The molecule has 0 spiro atoms. The highest BCUT2D eigenvalue weighted by Crippen LogP contribution is 2.31. The summed E-state index contributed by atoms with van der Waals surface area (Å²) in [6.07, 6.45) is 3.94. The zero-order valence-electron chi connectivity index (χ0n) is 9.19. The van der Waals surface area contributed by atoms with Crippen molar-refractivity contribution in [3.8, 4) is 0 Å². The summed E-state index contributed by atoms with van der Waals surface area (Å²) in [5.41, 5.74) is 4.62. The Morgan fingerprint density at radius 1 is 1.20 bits per heavy atom. The molecular weight excluding hydrogens is 252 g/mol. The molecule has 0 bridgehead atoms. The Morgan fingerprint density at radius 3 is 2.60 bits per heavy atom. The Kier molecular flexibility index (Phi) is 2.96. The van der Waals surface area contributed by atoms with Gasteiger partial charge in [-0.05, 0) is 55.9 Å². The molecule has 0 fully saturated rings. The molecule has 0 saturated heterocycles. The SMILES string of the molecule is Cc1cc(Br)c(C)c2c1CCCCC2=O. The molecule has 2 rings (SSSR count). The van der Waals surface area contributed by atoms with Crippen LogP contribution >= 0.6 is 15.9 Å². The molecule has 0 N–H and O–H groups in total. The number of halogens is 1. The van der Waals surface area contributed by atoms with Crippen LogP contribution in [0, 0.1) is 13.8 Å². The average Bonchev–Trinajstić information content (AvgIpc) is 2.37. The van der Waals surface area contributed by atoms with E-state index in [-0.39, 0.29) is 0 Å². The fraction of sp³-hybridized carbons (Fsp3) is 0.462. The summed E-state index contributed by atoms with van der Waals surface area (Å²) in [4.78, 5) is 12.0. The first-order valence-corrected chi connectivity index (χ1v) is 6.22. The van der Waals surface area contributed by atoms with E-state index in [4.69, 9.17) is 0 Å². The summed E-state index contributed by atoms with van der Waals surface area (Å²) in [7, 11) is 0. The van der Waals surface area contributed by atoms with Gasteiger partial charge in [-0.15, -0.1) is 0 Å². The van der Waals surface area contributed by atoms with Crippen molar-refractivity contribution in [2.24, 2.45) is 0 Å². The fourth-order valence-electron chi connectivity index (χ4n) is 2.34. The van der Waals surface area contributed by atoms with Crippen molar-refractivity contribution in [1.82, 2.24) is 0 Å². The van der Waals surface area contributed by atoms with E-state index in [0.717, 1.165) is 34.9 Å². The molecule has 0 aromatic heterocycles. The molecule has 1 aromatic carbocycles. The van der Waals surface area contributed by atoms with E-state index in [9.17, 15) is 4.79 Å². The molecule has 1 aromatic rings. The lowest BCUT2D eigenvalue weighted by Crippen LogP contribution is -2.05. The molecule has 1 aliphatic rings. The van der Waals surface area contributed by atoms with E-state index >= 15 is 0 Å². The number of rotatable bonds is 0. The predicted octanol–water partition coefficient (Wildman–Crippen LogP) is 3.98. The molecule has 0 unspecified atom stereocenters. The lowest BCUT2D eigenvalue weighted by molar-refractivity contribution is 0.0981. The van der Waals surface area contributed by atoms with Crippen LogP contribution < -0.4 is 0 Å². The first kappa shape index (κ1) is 10.9.